The number of aliphatic imine (C=N–C) groups is 1. The van der Waals surface area contributed by atoms with E-state index in [4.69, 9.17) is 4.74 Å². The van der Waals surface area contributed by atoms with E-state index in [0.717, 1.165) is 24.8 Å². The molecule has 0 aromatic rings. The second kappa shape index (κ2) is 14.7. The van der Waals surface area contributed by atoms with E-state index < -0.39 is 0 Å². The summed E-state index contributed by atoms with van der Waals surface area (Å²) in [5.74, 6) is 0. The average molecular weight is 354 g/mol. The minimum atomic E-state index is -0.360. The highest BCUT2D eigenvalue weighted by molar-refractivity contribution is 5.78. The molecule has 0 aromatic carbocycles. The van der Waals surface area contributed by atoms with Gasteiger partial charge in [0.25, 0.3) is 0 Å². The summed E-state index contributed by atoms with van der Waals surface area (Å²) in [6.07, 6.45) is 23.1. The number of allylic oxidation sites excluding steroid dienone is 9. The molecule has 0 atom stereocenters. The largest absolute Gasteiger partial charge is 0.449 e. The Kier molecular flexibility index (Phi) is 12.1. The van der Waals surface area contributed by atoms with Crippen LogP contribution in [0, 0.1) is 0 Å². The molecule has 0 saturated carbocycles. The first-order chi connectivity index (χ1) is 12.8. The molecular formula is C22H30N2O2. The number of carbonyl (C=O) groups excluding carboxylic acids is 1. The van der Waals surface area contributed by atoms with E-state index in [1.165, 1.54) is 5.57 Å². The van der Waals surface area contributed by atoms with E-state index >= 15 is 0 Å². The van der Waals surface area contributed by atoms with Gasteiger partial charge in [-0.3, -0.25) is 4.99 Å². The van der Waals surface area contributed by atoms with Gasteiger partial charge in [0.2, 0.25) is 0 Å². The Bertz CT molecular complexity index is 608. The maximum atomic E-state index is 11.7. The van der Waals surface area contributed by atoms with Crippen molar-refractivity contribution in [2.24, 2.45) is 4.99 Å². The maximum absolute atomic E-state index is 11.7. The van der Waals surface area contributed by atoms with E-state index in [2.05, 4.69) is 29.0 Å². The van der Waals surface area contributed by atoms with Crippen LogP contribution in [0.1, 0.15) is 32.6 Å². The molecule has 0 saturated heterocycles. The number of alkyl carbamates (subject to hydrolysis) is 1. The van der Waals surface area contributed by atoms with Crippen molar-refractivity contribution in [3.8, 4) is 0 Å². The Morgan fingerprint density at radius 3 is 2.85 bits per heavy atom. The summed E-state index contributed by atoms with van der Waals surface area (Å²) in [6.45, 7) is 7.14. The second-order valence-electron chi connectivity index (χ2n) is 5.79. The van der Waals surface area contributed by atoms with Gasteiger partial charge in [-0.25, -0.2) is 4.79 Å². The Balaban J connectivity index is 2.10. The van der Waals surface area contributed by atoms with E-state index in [1.807, 2.05) is 43.4 Å². The molecule has 140 valence electrons. The van der Waals surface area contributed by atoms with Crippen LogP contribution in [0.15, 0.2) is 77.4 Å². The van der Waals surface area contributed by atoms with Crippen LogP contribution in [0.5, 0.6) is 0 Å². The van der Waals surface area contributed by atoms with Gasteiger partial charge in [0.05, 0.1) is 13.2 Å². The standard InChI is InChI=1S/C22H30N2O2/c1-3-16-23-19-20(4-2)15-18-26-22(25)24-17-11-10-14-21-12-8-6-5-7-9-13-21/h3-9,12-13,19H,1,10-11,14-18H2,2H3,(H,24,25)/b6-5-,7-5?,8-6?,9-7-,12-8-,13-9?,20-4-,21-12?,21-13+,23-19-. The highest BCUT2D eigenvalue weighted by Gasteiger charge is 2.02. The van der Waals surface area contributed by atoms with Crippen LogP contribution in [-0.2, 0) is 4.74 Å². The first kappa shape index (κ1) is 21.4. The van der Waals surface area contributed by atoms with Crippen molar-refractivity contribution >= 4 is 12.3 Å². The molecule has 0 spiro atoms. The predicted molar refractivity (Wildman–Crippen MR) is 111 cm³/mol. The molecule has 4 nitrogen and oxygen atoms in total. The molecule has 0 bridgehead atoms. The first-order valence-electron chi connectivity index (χ1n) is 9.13. The van der Waals surface area contributed by atoms with Gasteiger partial charge in [-0.1, -0.05) is 54.7 Å². The molecule has 1 rings (SSSR count). The lowest BCUT2D eigenvalue weighted by atomic mass is 10.1. The number of carbonyl (C=O) groups is 1. The van der Waals surface area contributed by atoms with Crippen LogP contribution >= 0.6 is 0 Å². The average Bonchev–Trinajstić information content (AvgIpc) is 2.61. The summed E-state index contributed by atoms with van der Waals surface area (Å²) < 4.78 is 5.20. The van der Waals surface area contributed by atoms with E-state index in [1.54, 1.807) is 12.3 Å². The molecule has 1 N–H and O–H groups in total. The van der Waals surface area contributed by atoms with Gasteiger partial charge in [-0.2, -0.15) is 0 Å². The van der Waals surface area contributed by atoms with Crippen molar-refractivity contribution < 1.29 is 9.53 Å². The van der Waals surface area contributed by atoms with Crippen LogP contribution in [-0.4, -0.2) is 32.0 Å². The van der Waals surface area contributed by atoms with E-state index in [-0.39, 0.29) is 6.09 Å². The Hall–Kier alpha value is -2.62. The molecule has 0 unspecified atom stereocenters. The Morgan fingerprint density at radius 1 is 1.23 bits per heavy atom. The SMILES string of the molecule is C=CC/N=C\C(=C/C)CCOC(=O)NCCCCC1=C/C=C\C=C/C=C\1. The molecule has 0 heterocycles. The van der Waals surface area contributed by atoms with Gasteiger partial charge in [-0.15, -0.1) is 6.58 Å². The third-order valence-corrected chi connectivity index (χ3v) is 3.71. The normalized spacial score (nSPS) is 19.7. The number of hydrogen-bond donors (Lipinski definition) is 1. The van der Waals surface area contributed by atoms with Crippen LogP contribution in [0.4, 0.5) is 4.79 Å². The number of hydrogen-bond acceptors (Lipinski definition) is 3. The zero-order valence-electron chi connectivity index (χ0n) is 15.7. The molecule has 0 radical (unpaired) electrons. The van der Waals surface area contributed by atoms with Gasteiger partial charge >= 0.3 is 6.09 Å². The quantitative estimate of drug-likeness (QED) is 0.319. The van der Waals surface area contributed by atoms with Crippen LogP contribution in [0.25, 0.3) is 0 Å². The summed E-state index contributed by atoms with van der Waals surface area (Å²) in [6, 6.07) is 0. The van der Waals surface area contributed by atoms with Crippen LogP contribution in [0.2, 0.25) is 0 Å². The van der Waals surface area contributed by atoms with Crippen LogP contribution in [0.3, 0.4) is 0 Å². The third kappa shape index (κ3) is 11.0. The minimum absolute atomic E-state index is 0.350. The molecule has 4 heteroatoms. The first-order valence-corrected chi connectivity index (χ1v) is 9.13. The summed E-state index contributed by atoms with van der Waals surface area (Å²) in [5.41, 5.74) is 2.34. The molecule has 1 aliphatic rings. The molecule has 0 aliphatic heterocycles. The van der Waals surface area contributed by atoms with Crippen LogP contribution < -0.4 is 5.32 Å². The number of nitrogens with zero attached hydrogens (tertiary/aromatic N) is 1. The number of rotatable bonds is 11. The Morgan fingerprint density at radius 2 is 2.04 bits per heavy atom. The highest BCUT2D eigenvalue weighted by atomic mass is 16.5. The van der Waals surface area contributed by atoms with Crippen molar-refractivity contribution in [1.29, 1.82) is 0 Å². The van der Waals surface area contributed by atoms with E-state index in [0.29, 0.717) is 26.1 Å². The lowest BCUT2D eigenvalue weighted by molar-refractivity contribution is 0.147. The zero-order valence-corrected chi connectivity index (χ0v) is 15.7. The number of ether oxygens (including phenoxy) is 1. The summed E-state index contributed by atoms with van der Waals surface area (Å²) in [7, 11) is 0. The monoisotopic (exact) mass is 354 g/mol. The van der Waals surface area contributed by atoms with Crippen molar-refractivity contribution in [3.63, 3.8) is 0 Å². The topological polar surface area (TPSA) is 50.7 Å². The molecule has 1 amide bonds. The zero-order chi connectivity index (χ0) is 18.9. The summed E-state index contributed by atoms with van der Waals surface area (Å²) in [4.78, 5) is 15.9. The number of nitrogens with one attached hydrogen (secondary N) is 1. The van der Waals surface area contributed by atoms with Gasteiger partial charge in [0.15, 0.2) is 0 Å². The fraction of sp³-hybridized carbons (Fsp3) is 0.364. The van der Waals surface area contributed by atoms with Crippen molar-refractivity contribution in [3.05, 3.63) is 72.4 Å². The van der Waals surface area contributed by atoms with Gasteiger partial charge in [0.1, 0.15) is 0 Å². The van der Waals surface area contributed by atoms with E-state index in [9.17, 15) is 4.79 Å². The second-order valence-corrected chi connectivity index (χ2v) is 5.79. The fourth-order valence-electron chi connectivity index (χ4n) is 2.26. The molecular weight excluding hydrogens is 324 g/mol. The molecule has 0 fully saturated rings. The molecule has 0 aromatic heterocycles. The van der Waals surface area contributed by atoms with Gasteiger partial charge < -0.3 is 10.1 Å². The Labute approximate surface area is 157 Å². The molecule has 26 heavy (non-hydrogen) atoms. The lowest BCUT2D eigenvalue weighted by Gasteiger charge is -2.07. The number of unbranched alkanes of at least 4 members (excludes halogenated alkanes) is 1. The number of amides is 1. The summed E-state index contributed by atoms with van der Waals surface area (Å²) >= 11 is 0. The van der Waals surface area contributed by atoms with Gasteiger partial charge in [-0.05, 0) is 37.3 Å². The lowest BCUT2D eigenvalue weighted by Crippen LogP contribution is -2.25. The highest BCUT2D eigenvalue weighted by Crippen LogP contribution is 2.10. The van der Waals surface area contributed by atoms with Crippen molar-refractivity contribution in [2.45, 2.75) is 32.6 Å². The molecule has 1 aliphatic carbocycles. The fourth-order valence-corrected chi connectivity index (χ4v) is 2.26. The summed E-state index contributed by atoms with van der Waals surface area (Å²) in [5, 5.41) is 2.80. The van der Waals surface area contributed by atoms with Crippen molar-refractivity contribution in [1.82, 2.24) is 5.32 Å². The minimum Gasteiger partial charge on any atom is -0.449 e. The van der Waals surface area contributed by atoms with Gasteiger partial charge in [0, 0.05) is 19.2 Å². The predicted octanol–water partition coefficient (Wildman–Crippen LogP) is 5.08. The maximum Gasteiger partial charge on any atom is 0.407 e. The van der Waals surface area contributed by atoms with Crippen molar-refractivity contribution in [2.75, 3.05) is 19.7 Å². The third-order valence-electron chi connectivity index (χ3n) is 3.71. The smallest absolute Gasteiger partial charge is 0.407 e.